The number of aromatic nitrogens is 2. The van der Waals surface area contributed by atoms with Gasteiger partial charge in [-0.25, -0.2) is 27.9 Å². The number of aromatic carboxylic acids is 1. The van der Waals surface area contributed by atoms with Crippen molar-refractivity contribution in [2.75, 3.05) is 39.0 Å². The number of rotatable bonds is 7. The molecule has 190 valence electrons. The van der Waals surface area contributed by atoms with E-state index < -0.39 is 35.0 Å². The molecule has 1 atom stereocenters. The van der Waals surface area contributed by atoms with Crippen molar-refractivity contribution in [3.8, 4) is 11.3 Å². The highest BCUT2D eigenvalue weighted by atomic mass is 19.1. The summed E-state index contributed by atoms with van der Waals surface area (Å²) in [6.45, 7) is 2.39. The molecule has 2 heterocycles. The van der Waals surface area contributed by atoms with Gasteiger partial charge in [0.25, 0.3) is 0 Å². The van der Waals surface area contributed by atoms with Gasteiger partial charge in [-0.15, -0.1) is 0 Å². The average Bonchev–Trinajstić information content (AvgIpc) is 2.81. The SMILES string of the molecule is Cc1c(F)cc(C(=O)O)cc1-c1nc(NCCN(C)C)nc2c1CCN([O-])C2c1c(F)cccc1F. The standard InChI is InChI=1S/C25H25F3N5O3/c1-13-16(11-14(24(34)35)12-19(13)28)21-15-7-9-33(36)23(20-17(26)5-4-6-18(20)27)22(15)31-25(30-21)29-8-10-32(2)3/h4-6,11-12,23H,7-10H2,1-3H3,(H,34,35)(H,29,30,31)/q-1. The van der Waals surface area contributed by atoms with E-state index in [9.17, 15) is 28.3 Å². The molecule has 8 nitrogen and oxygen atoms in total. The van der Waals surface area contributed by atoms with Gasteiger partial charge in [-0.1, -0.05) is 6.07 Å². The number of benzene rings is 2. The summed E-state index contributed by atoms with van der Waals surface area (Å²) in [7, 11) is 3.74. The van der Waals surface area contributed by atoms with Gasteiger partial charge in [0.2, 0.25) is 5.95 Å². The molecule has 0 radical (unpaired) electrons. The third-order valence-electron chi connectivity index (χ3n) is 6.13. The van der Waals surface area contributed by atoms with Gasteiger partial charge in [-0.05, 0) is 63.8 Å². The number of hydrogen-bond acceptors (Lipinski definition) is 7. The number of halogens is 3. The number of carboxylic acids is 1. The van der Waals surface area contributed by atoms with Crippen LogP contribution in [0, 0.1) is 29.6 Å². The van der Waals surface area contributed by atoms with Crippen molar-refractivity contribution in [3.63, 3.8) is 0 Å². The minimum Gasteiger partial charge on any atom is -0.784 e. The van der Waals surface area contributed by atoms with Gasteiger partial charge in [-0.3, -0.25) is 0 Å². The molecule has 3 aromatic rings. The predicted octanol–water partition coefficient (Wildman–Crippen LogP) is 3.99. The summed E-state index contributed by atoms with van der Waals surface area (Å²) >= 11 is 0. The Morgan fingerprint density at radius 2 is 1.89 bits per heavy atom. The van der Waals surface area contributed by atoms with Crippen LogP contribution in [0.2, 0.25) is 0 Å². The Morgan fingerprint density at radius 3 is 2.53 bits per heavy atom. The molecule has 0 amide bonds. The Bertz CT molecular complexity index is 1300. The van der Waals surface area contributed by atoms with Gasteiger partial charge >= 0.3 is 5.97 Å². The number of hydrogen-bond donors (Lipinski definition) is 2. The summed E-state index contributed by atoms with van der Waals surface area (Å²) in [5.74, 6) is -3.78. The van der Waals surface area contributed by atoms with Gasteiger partial charge in [0, 0.05) is 29.8 Å². The minimum atomic E-state index is -1.40. The zero-order chi connectivity index (χ0) is 26.1. The molecule has 0 aliphatic carbocycles. The maximum absolute atomic E-state index is 14.8. The van der Waals surface area contributed by atoms with Crippen molar-refractivity contribution in [3.05, 3.63) is 80.9 Å². The van der Waals surface area contributed by atoms with Gasteiger partial charge in [0.05, 0.1) is 23.0 Å². The second-order valence-electron chi connectivity index (χ2n) is 8.85. The highest BCUT2D eigenvalue weighted by Gasteiger charge is 2.33. The van der Waals surface area contributed by atoms with E-state index >= 15 is 0 Å². The molecule has 1 unspecified atom stereocenters. The smallest absolute Gasteiger partial charge is 0.335 e. The summed E-state index contributed by atoms with van der Waals surface area (Å²) in [5.41, 5.74) is 0.324. The molecule has 1 aliphatic rings. The molecule has 11 heteroatoms. The highest BCUT2D eigenvalue weighted by molar-refractivity contribution is 5.90. The normalized spacial score (nSPS) is 15.7. The molecule has 0 bridgehead atoms. The number of hydroxylamine groups is 2. The fraction of sp³-hybridized carbons (Fsp3) is 0.320. The molecule has 0 fully saturated rings. The minimum absolute atomic E-state index is 0.0724. The first-order chi connectivity index (χ1) is 17.1. The summed E-state index contributed by atoms with van der Waals surface area (Å²) in [6, 6.07) is 4.15. The van der Waals surface area contributed by atoms with E-state index in [1.165, 1.54) is 19.1 Å². The monoisotopic (exact) mass is 500 g/mol. The average molecular weight is 501 g/mol. The Morgan fingerprint density at radius 1 is 1.19 bits per heavy atom. The van der Waals surface area contributed by atoms with Gasteiger partial charge in [-0.2, -0.15) is 0 Å². The summed E-state index contributed by atoms with van der Waals surface area (Å²) in [6.07, 6.45) is 0.122. The first-order valence-electron chi connectivity index (χ1n) is 11.3. The largest absolute Gasteiger partial charge is 0.784 e. The molecule has 0 spiro atoms. The molecule has 4 rings (SSSR count). The van der Waals surface area contributed by atoms with Crippen LogP contribution < -0.4 is 5.32 Å². The van der Waals surface area contributed by atoms with Gasteiger partial charge in [0.1, 0.15) is 17.5 Å². The zero-order valence-electron chi connectivity index (χ0n) is 20.0. The number of likely N-dealkylation sites (N-methyl/N-ethyl adjacent to an activating group) is 1. The van der Waals surface area contributed by atoms with E-state index in [-0.39, 0.29) is 47.0 Å². The Labute approximate surface area is 206 Å². The highest BCUT2D eigenvalue weighted by Crippen LogP contribution is 2.40. The van der Waals surface area contributed by atoms with Crippen molar-refractivity contribution in [1.29, 1.82) is 0 Å². The molecule has 0 saturated heterocycles. The van der Waals surface area contributed by atoms with E-state index in [0.29, 0.717) is 23.7 Å². The van der Waals surface area contributed by atoms with Crippen LogP contribution in [-0.2, 0) is 6.42 Å². The number of carbonyl (C=O) groups is 1. The molecule has 1 aromatic heterocycles. The first kappa shape index (κ1) is 25.5. The fourth-order valence-electron chi connectivity index (χ4n) is 4.26. The summed E-state index contributed by atoms with van der Waals surface area (Å²) < 4.78 is 44.3. The number of carboxylic acid groups (broad SMARTS) is 1. The Hall–Kier alpha value is -3.54. The summed E-state index contributed by atoms with van der Waals surface area (Å²) in [4.78, 5) is 22.5. The van der Waals surface area contributed by atoms with Crippen LogP contribution in [0.4, 0.5) is 19.1 Å². The number of nitrogens with one attached hydrogen (secondary N) is 1. The second kappa shape index (κ2) is 10.2. The Balaban J connectivity index is 1.97. The second-order valence-corrected chi connectivity index (χ2v) is 8.85. The molecule has 0 saturated carbocycles. The van der Waals surface area contributed by atoms with Crippen LogP contribution in [0.3, 0.4) is 0 Å². The third kappa shape index (κ3) is 4.90. The van der Waals surface area contributed by atoms with Crippen LogP contribution >= 0.6 is 0 Å². The molecular weight excluding hydrogens is 475 g/mol. The lowest BCUT2D eigenvalue weighted by Gasteiger charge is -2.42. The Kier molecular flexibility index (Phi) is 7.25. The lowest BCUT2D eigenvalue weighted by Crippen LogP contribution is -2.34. The predicted molar refractivity (Wildman–Crippen MR) is 128 cm³/mol. The van der Waals surface area contributed by atoms with Crippen molar-refractivity contribution in [1.82, 2.24) is 19.9 Å². The van der Waals surface area contributed by atoms with E-state index in [1.807, 2.05) is 19.0 Å². The number of fused-ring (bicyclic) bond motifs is 1. The van der Waals surface area contributed by atoms with Crippen molar-refractivity contribution in [2.45, 2.75) is 19.4 Å². The molecule has 36 heavy (non-hydrogen) atoms. The lowest BCUT2D eigenvalue weighted by molar-refractivity contribution is 0.0696. The molecular formula is C25H25F3N5O3-. The van der Waals surface area contributed by atoms with E-state index in [1.54, 1.807) is 0 Å². The van der Waals surface area contributed by atoms with Crippen LogP contribution in [0.1, 0.15) is 38.8 Å². The topological polar surface area (TPSA) is 105 Å². The summed E-state index contributed by atoms with van der Waals surface area (Å²) in [5, 5.41) is 26.0. The van der Waals surface area contributed by atoms with Gasteiger partial charge < -0.3 is 25.6 Å². The van der Waals surface area contributed by atoms with Crippen molar-refractivity contribution in [2.24, 2.45) is 0 Å². The quantitative estimate of drug-likeness (QED) is 0.502. The first-order valence-corrected chi connectivity index (χ1v) is 11.3. The molecule has 1 aliphatic heterocycles. The van der Waals surface area contributed by atoms with Crippen molar-refractivity contribution < 1.29 is 23.1 Å². The zero-order valence-corrected chi connectivity index (χ0v) is 20.0. The van der Waals surface area contributed by atoms with Crippen LogP contribution in [-0.4, -0.2) is 64.7 Å². The maximum Gasteiger partial charge on any atom is 0.335 e. The van der Waals surface area contributed by atoms with Gasteiger partial charge in [0.15, 0.2) is 0 Å². The van der Waals surface area contributed by atoms with E-state index in [0.717, 1.165) is 18.2 Å². The maximum atomic E-state index is 14.8. The van der Waals surface area contributed by atoms with Crippen LogP contribution in [0.25, 0.3) is 11.3 Å². The van der Waals surface area contributed by atoms with Crippen LogP contribution in [0.5, 0.6) is 0 Å². The molecule has 2 N–H and O–H groups in total. The number of nitrogens with zero attached hydrogens (tertiary/aromatic N) is 4. The van der Waals surface area contributed by atoms with E-state index in [4.69, 9.17) is 0 Å². The number of anilines is 1. The third-order valence-corrected chi connectivity index (χ3v) is 6.13. The van der Waals surface area contributed by atoms with Crippen molar-refractivity contribution >= 4 is 11.9 Å². The fourth-order valence-corrected chi connectivity index (χ4v) is 4.26. The van der Waals surface area contributed by atoms with Crippen LogP contribution in [0.15, 0.2) is 30.3 Å². The molecule has 2 aromatic carbocycles. The lowest BCUT2D eigenvalue weighted by atomic mass is 9.89. The van der Waals surface area contributed by atoms with E-state index in [2.05, 4.69) is 15.3 Å².